The van der Waals surface area contributed by atoms with Crippen molar-refractivity contribution in [2.45, 2.75) is 13.5 Å². The molecule has 2 heterocycles. The summed E-state index contributed by atoms with van der Waals surface area (Å²) in [4.78, 5) is 25.9. The second kappa shape index (κ2) is 4.69. The molecule has 1 aromatic heterocycles. The van der Waals surface area contributed by atoms with Gasteiger partial charge in [0.15, 0.2) is 17.3 Å². The normalized spacial score (nSPS) is 14.1. The topological polar surface area (TPSA) is 57.5 Å². The van der Waals surface area contributed by atoms with Crippen LogP contribution in [0.2, 0.25) is 0 Å². The van der Waals surface area contributed by atoms with Crippen molar-refractivity contribution in [2.24, 2.45) is 0 Å². The Labute approximate surface area is 141 Å². The van der Waals surface area contributed by atoms with Gasteiger partial charge in [-0.05, 0) is 31.2 Å². The van der Waals surface area contributed by atoms with Gasteiger partial charge >= 0.3 is 0 Å². The minimum absolute atomic E-state index is 0.108. The molecule has 25 heavy (non-hydrogen) atoms. The second-order valence-electron chi connectivity index (χ2n) is 6.04. The van der Waals surface area contributed by atoms with Crippen LogP contribution in [0.5, 0.6) is 11.5 Å². The summed E-state index contributed by atoms with van der Waals surface area (Å²) in [5.41, 5.74) is 1.79. The fourth-order valence-corrected chi connectivity index (χ4v) is 3.69. The molecule has 0 bridgehead atoms. The maximum atomic E-state index is 13.7. The van der Waals surface area contributed by atoms with Gasteiger partial charge in [-0.1, -0.05) is 6.07 Å². The van der Waals surface area contributed by atoms with Crippen LogP contribution in [0, 0.1) is 5.82 Å². The van der Waals surface area contributed by atoms with Gasteiger partial charge in [-0.15, -0.1) is 0 Å². The van der Waals surface area contributed by atoms with Gasteiger partial charge in [0.25, 0.3) is 5.56 Å². The van der Waals surface area contributed by atoms with Crippen molar-refractivity contribution >= 4 is 16.6 Å². The number of ether oxygens (including phenoxy) is 2. The highest BCUT2D eigenvalue weighted by atomic mass is 19.1. The largest absolute Gasteiger partial charge is 0.454 e. The van der Waals surface area contributed by atoms with Gasteiger partial charge in [0.05, 0.1) is 16.6 Å². The number of pyridine rings is 1. The van der Waals surface area contributed by atoms with Crippen LogP contribution < -0.4 is 15.0 Å². The zero-order valence-electron chi connectivity index (χ0n) is 13.3. The number of carbonyl (C=O) groups excluding carboxylic acids is 1. The Morgan fingerprint density at radius 3 is 2.48 bits per heavy atom. The Morgan fingerprint density at radius 1 is 1.04 bits per heavy atom. The predicted molar refractivity (Wildman–Crippen MR) is 88.8 cm³/mol. The summed E-state index contributed by atoms with van der Waals surface area (Å²) < 4.78 is 25.9. The fourth-order valence-electron chi connectivity index (χ4n) is 3.69. The van der Waals surface area contributed by atoms with Gasteiger partial charge < -0.3 is 14.0 Å². The van der Waals surface area contributed by atoms with E-state index in [1.165, 1.54) is 22.8 Å². The van der Waals surface area contributed by atoms with E-state index >= 15 is 0 Å². The maximum Gasteiger partial charge on any atom is 0.259 e. The lowest BCUT2D eigenvalue weighted by atomic mass is 10.0. The summed E-state index contributed by atoms with van der Waals surface area (Å²) >= 11 is 0. The van der Waals surface area contributed by atoms with Gasteiger partial charge in [0.2, 0.25) is 6.79 Å². The van der Waals surface area contributed by atoms with E-state index in [-0.39, 0.29) is 23.5 Å². The molecule has 0 spiro atoms. The fraction of sp³-hybridized carbons (Fsp3) is 0.158. The van der Waals surface area contributed by atoms with Gasteiger partial charge in [-0.25, -0.2) is 4.39 Å². The third-order valence-corrected chi connectivity index (χ3v) is 4.79. The van der Waals surface area contributed by atoms with Gasteiger partial charge in [0.1, 0.15) is 5.82 Å². The third kappa shape index (κ3) is 1.71. The van der Waals surface area contributed by atoms with Crippen molar-refractivity contribution in [1.29, 1.82) is 0 Å². The monoisotopic (exact) mass is 337 g/mol. The highest BCUT2D eigenvalue weighted by molar-refractivity contribution is 6.27. The molecule has 0 radical (unpaired) electrons. The van der Waals surface area contributed by atoms with E-state index in [1.807, 2.05) is 6.92 Å². The van der Waals surface area contributed by atoms with Gasteiger partial charge in [-0.3, -0.25) is 9.59 Å². The Bertz CT molecular complexity index is 1160. The van der Waals surface area contributed by atoms with E-state index in [0.717, 1.165) is 0 Å². The van der Waals surface area contributed by atoms with Crippen molar-refractivity contribution in [3.8, 4) is 22.8 Å². The Morgan fingerprint density at radius 2 is 1.76 bits per heavy atom. The van der Waals surface area contributed by atoms with Gasteiger partial charge in [-0.2, -0.15) is 0 Å². The molecule has 0 saturated heterocycles. The molecule has 0 saturated carbocycles. The number of carbonyl (C=O) groups is 1. The van der Waals surface area contributed by atoms with Crippen LogP contribution in [0.25, 0.3) is 22.0 Å². The molecule has 0 fully saturated rings. The molecule has 5 rings (SSSR count). The molecule has 2 aliphatic rings. The van der Waals surface area contributed by atoms with Crippen LogP contribution in [0.3, 0.4) is 0 Å². The number of aromatic nitrogens is 1. The summed E-state index contributed by atoms with van der Waals surface area (Å²) in [7, 11) is 0. The number of fused-ring (bicyclic) bond motifs is 6. The molecule has 0 N–H and O–H groups in total. The molecule has 5 nitrogen and oxygen atoms in total. The highest BCUT2D eigenvalue weighted by Crippen LogP contribution is 2.45. The van der Waals surface area contributed by atoms with Crippen LogP contribution in [0.4, 0.5) is 4.39 Å². The van der Waals surface area contributed by atoms with E-state index < -0.39 is 5.82 Å². The summed E-state index contributed by atoms with van der Waals surface area (Å²) in [6.45, 7) is 2.30. The summed E-state index contributed by atoms with van der Waals surface area (Å²) in [6.07, 6.45) is 0. The number of rotatable bonds is 1. The van der Waals surface area contributed by atoms with E-state index in [0.29, 0.717) is 45.8 Å². The summed E-state index contributed by atoms with van der Waals surface area (Å²) in [5, 5.41) is 0.677. The number of hydrogen-bond donors (Lipinski definition) is 0. The number of ketones is 1. The first-order chi connectivity index (χ1) is 12.1. The molecule has 124 valence electrons. The zero-order chi connectivity index (χ0) is 17.3. The van der Waals surface area contributed by atoms with E-state index in [9.17, 15) is 14.0 Å². The summed E-state index contributed by atoms with van der Waals surface area (Å²) in [5.74, 6) is 0.368. The molecule has 2 aromatic carbocycles. The molecule has 3 aromatic rings. The highest BCUT2D eigenvalue weighted by Gasteiger charge is 2.34. The predicted octanol–water partition coefficient (Wildman–Crippen LogP) is 3.10. The molecule has 6 heteroatoms. The van der Waals surface area contributed by atoms with Crippen molar-refractivity contribution < 1.29 is 18.7 Å². The average molecular weight is 337 g/mol. The van der Waals surface area contributed by atoms with Crippen molar-refractivity contribution in [2.75, 3.05) is 6.79 Å². The van der Waals surface area contributed by atoms with Crippen LogP contribution >= 0.6 is 0 Å². The Balaban J connectivity index is 1.96. The number of halogens is 1. The molecule has 1 aliphatic carbocycles. The molecular weight excluding hydrogens is 325 g/mol. The SMILES string of the molecule is CCn1c2c(c3ccc(F)cc3c1=O)C(=O)c1cc3c(cc1-2)OCO3. The molecular formula is C19H12FNO4. The van der Waals surface area contributed by atoms with Crippen molar-refractivity contribution in [3.63, 3.8) is 0 Å². The van der Waals surface area contributed by atoms with Crippen molar-refractivity contribution in [3.05, 3.63) is 57.6 Å². The lowest BCUT2D eigenvalue weighted by Gasteiger charge is -2.13. The van der Waals surface area contributed by atoms with Crippen LogP contribution in [0.1, 0.15) is 22.8 Å². The first-order valence-corrected chi connectivity index (χ1v) is 7.95. The molecule has 0 amide bonds. The van der Waals surface area contributed by atoms with E-state index in [2.05, 4.69) is 0 Å². The molecule has 1 aliphatic heterocycles. The average Bonchev–Trinajstić information content (AvgIpc) is 3.17. The standard InChI is InChI=1S/C19H12FNO4/c1-2-21-17-11-6-14-15(25-8-24-14)7-12(11)18(22)16(17)10-4-3-9(20)5-13(10)19(21)23/h3-7H,2,8H2,1H3. The van der Waals surface area contributed by atoms with Crippen LogP contribution in [-0.2, 0) is 6.54 Å². The first kappa shape index (κ1) is 14.2. The minimum atomic E-state index is -0.504. The smallest absolute Gasteiger partial charge is 0.259 e. The van der Waals surface area contributed by atoms with E-state index in [1.54, 1.807) is 12.1 Å². The van der Waals surface area contributed by atoms with Crippen LogP contribution in [-0.4, -0.2) is 17.1 Å². The quantitative estimate of drug-likeness (QED) is 0.535. The maximum absolute atomic E-state index is 13.7. The first-order valence-electron chi connectivity index (χ1n) is 7.95. The summed E-state index contributed by atoms with van der Waals surface area (Å²) in [6, 6.07) is 7.34. The van der Waals surface area contributed by atoms with Crippen molar-refractivity contribution in [1.82, 2.24) is 4.57 Å². The van der Waals surface area contributed by atoms with Crippen LogP contribution in [0.15, 0.2) is 35.1 Å². The number of benzene rings is 2. The third-order valence-electron chi connectivity index (χ3n) is 4.79. The van der Waals surface area contributed by atoms with E-state index in [4.69, 9.17) is 9.47 Å². The minimum Gasteiger partial charge on any atom is -0.454 e. The molecule has 0 unspecified atom stereocenters. The Kier molecular flexibility index (Phi) is 2.67. The molecule has 0 atom stereocenters. The zero-order valence-corrected chi connectivity index (χ0v) is 13.3. The van der Waals surface area contributed by atoms with Gasteiger partial charge in [0, 0.05) is 23.1 Å². The number of hydrogen-bond acceptors (Lipinski definition) is 4. The lowest BCUT2D eigenvalue weighted by molar-refractivity contribution is 0.104. The lowest BCUT2D eigenvalue weighted by Crippen LogP contribution is -2.22. The number of nitrogens with zero attached hydrogens (tertiary/aromatic N) is 1. The second-order valence-corrected chi connectivity index (χ2v) is 6.04. The Hall–Kier alpha value is -3.15.